The van der Waals surface area contributed by atoms with Crippen LogP contribution in [0.3, 0.4) is 0 Å². The number of rotatable bonds is 7. The fourth-order valence-electron chi connectivity index (χ4n) is 4.00. The Morgan fingerprint density at radius 1 is 1.03 bits per heavy atom. The van der Waals surface area contributed by atoms with Crippen molar-refractivity contribution in [3.8, 4) is 0 Å². The van der Waals surface area contributed by atoms with Gasteiger partial charge in [0.05, 0.1) is 6.54 Å². The van der Waals surface area contributed by atoms with Crippen molar-refractivity contribution in [2.75, 3.05) is 0 Å². The molecular formula is C26H25ClN4O4. The first-order valence-electron chi connectivity index (χ1n) is 11.1. The lowest BCUT2D eigenvalue weighted by Gasteiger charge is -2.35. The van der Waals surface area contributed by atoms with Crippen LogP contribution in [0.25, 0.3) is 0 Å². The van der Waals surface area contributed by atoms with Gasteiger partial charge in [0.25, 0.3) is 0 Å². The van der Waals surface area contributed by atoms with Crippen LogP contribution in [0.4, 0.5) is 4.79 Å². The van der Waals surface area contributed by atoms with Gasteiger partial charge in [0.15, 0.2) is 0 Å². The topological polar surface area (TPSA) is 115 Å². The molecule has 2 atom stereocenters. The molecule has 2 heterocycles. The van der Waals surface area contributed by atoms with E-state index in [2.05, 4.69) is 10.3 Å². The summed E-state index contributed by atoms with van der Waals surface area (Å²) >= 11 is 5.83. The molecule has 0 unspecified atom stereocenters. The average molecular weight is 493 g/mol. The second-order valence-electron chi connectivity index (χ2n) is 8.31. The number of primary amides is 1. The smallest absolute Gasteiger partial charge is 0.411 e. The van der Waals surface area contributed by atoms with Crippen molar-refractivity contribution in [1.82, 2.24) is 15.2 Å². The number of ether oxygens (including phenoxy) is 1. The zero-order valence-electron chi connectivity index (χ0n) is 18.9. The summed E-state index contributed by atoms with van der Waals surface area (Å²) in [6.07, 6.45) is 1.35. The third kappa shape index (κ3) is 6.16. The van der Waals surface area contributed by atoms with E-state index in [0.717, 1.165) is 16.7 Å². The molecule has 1 aromatic heterocycles. The van der Waals surface area contributed by atoms with E-state index >= 15 is 0 Å². The van der Waals surface area contributed by atoms with Gasteiger partial charge in [0, 0.05) is 19.0 Å². The van der Waals surface area contributed by atoms with E-state index in [9.17, 15) is 14.4 Å². The summed E-state index contributed by atoms with van der Waals surface area (Å²) in [7, 11) is 0. The van der Waals surface area contributed by atoms with Gasteiger partial charge in [0.2, 0.25) is 11.8 Å². The predicted molar refractivity (Wildman–Crippen MR) is 130 cm³/mol. The van der Waals surface area contributed by atoms with Gasteiger partial charge in [0.1, 0.15) is 23.8 Å². The number of hydrogen-bond donors (Lipinski definition) is 2. The Hall–Kier alpha value is -3.91. The first-order chi connectivity index (χ1) is 16.9. The van der Waals surface area contributed by atoms with Crippen LogP contribution in [0.5, 0.6) is 0 Å². The number of nitrogens with one attached hydrogen (secondary N) is 1. The fourth-order valence-corrected chi connectivity index (χ4v) is 4.12. The molecule has 0 saturated heterocycles. The number of carbonyl (C=O) groups is 3. The molecule has 1 aliphatic rings. The monoisotopic (exact) mass is 492 g/mol. The molecule has 2 aromatic carbocycles. The molecule has 0 bridgehead atoms. The van der Waals surface area contributed by atoms with Crippen molar-refractivity contribution in [1.29, 1.82) is 0 Å². The summed E-state index contributed by atoms with van der Waals surface area (Å²) < 4.78 is 5.52. The minimum atomic E-state index is -0.982. The second-order valence-corrected chi connectivity index (χ2v) is 8.70. The Labute approximate surface area is 208 Å². The Kier molecular flexibility index (Phi) is 7.62. The molecule has 0 aliphatic carbocycles. The summed E-state index contributed by atoms with van der Waals surface area (Å²) in [5.74, 6) is -1.18. The van der Waals surface area contributed by atoms with Gasteiger partial charge in [-0.1, -0.05) is 72.3 Å². The van der Waals surface area contributed by atoms with Crippen molar-refractivity contribution in [3.05, 3.63) is 100 Å². The van der Waals surface area contributed by atoms with Crippen LogP contribution in [0.1, 0.15) is 22.3 Å². The van der Waals surface area contributed by atoms with Crippen molar-refractivity contribution in [2.24, 2.45) is 5.73 Å². The Bertz CT molecular complexity index is 1200. The van der Waals surface area contributed by atoms with Crippen LogP contribution >= 0.6 is 11.6 Å². The molecule has 0 spiro atoms. The number of benzene rings is 2. The van der Waals surface area contributed by atoms with Gasteiger partial charge in [-0.25, -0.2) is 9.78 Å². The highest BCUT2D eigenvalue weighted by atomic mass is 35.5. The quantitative estimate of drug-likeness (QED) is 0.492. The SMILES string of the molecule is NC(=O)[C@H](Cc1ccc(Cl)nc1)NC(=O)[C@@H]1Cc2ccccc2CN1C(=O)OCc1ccccc1. The molecule has 0 fully saturated rings. The largest absolute Gasteiger partial charge is 0.445 e. The summed E-state index contributed by atoms with van der Waals surface area (Å²) in [6.45, 7) is 0.295. The average Bonchev–Trinajstić information content (AvgIpc) is 2.87. The molecule has 1 aliphatic heterocycles. The molecule has 0 radical (unpaired) electrons. The van der Waals surface area contributed by atoms with E-state index in [1.54, 1.807) is 12.1 Å². The fraction of sp³-hybridized carbons (Fsp3) is 0.231. The Morgan fingerprint density at radius 3 is 2.43 bits per heavy atom. The zero-order chi connectivity index (χ0) is 24.8. The number of nitrogens with two attached hydrogens (primary N) is 1. The molecule has 3 N–H and O–H groups in total. The summed E-state index contributed by atoms with van der Waals surface area (Å²) in [5, 5.41) is 3.03. The van der Waals surface area contributed by atoms with Crippen LogP contribution in [0.15, 0.2) is 72.9 Å². The number of amides is 3. The normalized spacial score (nSPS) is 15.6. The van der Waals surface area contributed by atoms with E-state index in [4.69, 9.17) is 22.1 Å². The van der Waals surface area contributed by atoms with Gasteiger partial charge in [-0.05, 0) is 28.3 Å². The third-order valence-electron chi connectivity index (χ3n) is 5.88. The Balaban J connectivity index is 1.51. The maximum atomic E-state index is 13.4. The molecule has 4 rings (SSSR count). The molecule has 3 amide bonds. The van der Waals surface area contributed by atoms with Crippen LogP contribution in [-0.2, 0) is 40.3 Å². The molecule has 8 nitrogen and oxygen atoms in total. The molecule has 180 valence electrons. The van der Waals surface area contributed by atoms with E-state index in [1.165, 1.54) is 11.1 Å². The molecule has 9 heteroatoms. The lowest BCUT2D eigenvalue weighted by Crippen LogP contribution is -2.56. The van der Waals surface area contributed by atoms with Gasteiger partial charge in [-0.3, -0.25) is 14.5 Å². The summed E-state index contributed by atoms with van der Waals surface area (Å²) in [4.78, 5) is 43.9. The van der Waals surface area contributed by atoms with E-state index in [0.29, 0.717) is 10.7 Å². The summed E-state index contributed by atoms with van der Waals surface area (Å²) in [6, 6.07) is 18.4. The number of hydrogen-bond acceptors (Lipinski definition) is 5. The van der Waals surface area contributed by atoms with Crippen molar-refractivity contribution >= 4 is 29.5 Å². The van der Waals surface area contributed by atoms with Gasteiger partial charge < -0.3 is 15.8 Å². The zero-order valence-corrected chi connectivity index (χ0v) is 19.6. The number of fused-ring (bicyclic) bond motifs is 1. The lowest BCUT2D eigenvalue weighted by molar-refractivity contribution is -0.131. The van der Waals surface area contributed by atoms with Crippen LogP contribution in [-0.4, -0.2) is 39.9 Å². The highest BCUT2D eigenvalue weighted by molar-refractivity contribution is 6.29. The first-order valence-corrected chi connectivity index (χ1v) is 11.5. The third-order valence-corrected chi connectivity index (χ3v) is 6.10. The molecule has 0 saturated carbocycles. The second kappa shape index (κ2) is 11.0. The summed E-state index contributed by atoms with van der Waals surface area (Å²) in [5.41, 5.74) is 8.99. The van der Waals surface area contributed by atoms with Gasteiger partial charge >= 0.3 is 6.09 Å². The first kappa shape index (κ1) is 24.2. The number of pyridine rings is 1. The van der Waals surface area contributed by atoms with Gasteiger partial charge in [-0.2, -0.15) is 0 Å². The number of aromatic nitrogens is 1. The predicted octanol–water partition coefficient (Wildman–Crippen LogP) is 3.01. The van der Waals surface area contributed by atoms with E-state index < -0.39 is 30.0 Å². The highest BCUT2D eigenvalue weighted by Gasteiger charge is 2.37. The van der Waals surface area contributed by atoms with Crippen LogP contribution in [0.2, 0.25) is 5.15 Å². The van der Waals surface area contributed by atoms with Crippen molar-refractivity contribution < 1.29 is 19.1 Å². The minimum absolute atomic E-state index is 0.0830. The van der Waals surface area contributed by atoms with E-state index in [-0.39, 0.29) is 26.0 Å². The number of nitrogens with zero attached hydrogens (tertiary/aromatic N) is 2. The Morgan fingerprint density at radius 2 is 1.74 bits per heavy atom. The number of carbonyl (C=O) groups excluding carboxylic acids is 3. The molecule has 3 aromatic rings. The van der Waals surface area contributed by atoms with Crippen molar-refractivity contribution in [2.45, 2.75) is 38.1 Å². The van der Waals surface area contributed by atoms with Crippen molar-refractivity contribution in [3.63, 3.8) is 0 Å². The lowest BCUT2D eigenvalue weighted by atomic mass is 9.93. The van der Waals surface area contributed by atoms with Crippen LogP contribution < -0.4 is 11.1 Å². The van der Waals surface area contributed by atoms with E-state index in [1.807, 2.05) is 54.6 Å². The molecule has 35 heavy (non-hydrogen) atoms. The van der Waals surface area contributed by atoms with Crippen LogP contribution in [0, 0.1) is 0 Å². The standard InChI is InChI=1S/C26H25ClN4O4/c27-23-11-10-18(14-29-23)12-21(24(28)32)30-25(33)22-13-19-8-4-5-9-20(19)15-31(22)26(34)35-16-17-6-2-1-3-7-17/h1-11,14,21-22H,12-13,15-16H2,(H2,28,32)(H,30,33)/t21-,22-/m0/s1. The van der Waals surface area contributed by atoms with Gasteiger partial charge in [-0.15, -0.1) is 0 Å². The minimum Gasteiger partial charge on any atom is -0.445 e. The molecular weight excluding hydrogens is 468 g/mol. The number of halogens is 1. The highest BCUT2D eigenvalue weighted by Crippen LogP contribution is 2.25. The maximum absolute atomic E-state index is 13.4. The maximum Gasteiger partial charge on any atom is 0.411 e.